The van der Waals surface area contributed by atoms with E-state index < -0.39 is 22.0 Å². The van der Waals surface area contributed by atoms with Crippen LogP contribution in [0, 0.1) is 0 Å². The number of methoxy groups -OCH3 is 2. The van der Waals surface area contributed by atoms with E-state index in [0.717, 1.165) is 25.0 Å². The number of carbonyl (C=O) groups excluding carboxylic acids is 2. The Labute approximate surface area is 223 Å². The van der Waals surface area contributed by atoms with Gasteiger partial charge in [0.15, 0.2) is 0 Å². The van der Waals surface area contributed by atoms with Gasteiger partial charge in [-0.05, 0) is 53.2 Å². The fourth-order valence-corrected chi connectivity index (χ4v) is 4.91. The van der Waals surface area contributed by atoms with Crippen LogP contribution in [0.15, 0.2) is 82.7 Å². The number of nitrogens with one attached hydrogen (secondary N) is 1. The molecule has 0 aliphatic heterocycles. The maximum Gasteiger partial charge on any atom is 0.337 e. The number of nitrogens with zero attached hydrogens (tertiary/aromatic N) is 1. The van der Waals surface area contributed by atoms with Gasteiger partial charge in [0.1, 0.15) is 5.75 Å². The standard InChI is InChI=1S/C27H21ClN2O7S/c1-36-26(32)17-11-18(27(33)37-2)13-19(12-17)30-38(34,35)20-8-9-23(28)24(14-20)29-15-22-21-6-4-3-5-16(21)7-10-25(22)31/h3-15,30-31H,1-2H3. The minimum atomic E-state index is -4.21. The van der Waals surface area contributed by atoms with Crippen LogP contribution in [0.4, 0.5) is 11.4 Å². The van der Waals surface area contributed by atoms with Crippen molar-refractivity contribution in [2.45, 2.75) is 4.90 Å². The van der Waals surface area contributed by atoms with Crippen molar-refractivity contribution >= 4 is 61.9 Å². The van der Waals surface area contributed by atoms with Gasteiger partial charge in [0.25, 0.3) is 10.0 Å². The van der Waals surface area contributed by atoms with Crippen molar-refractivity contribution in [3.8, 4) is 5.75 Å². The molecule has 0 saturated carbocycles. The van der Waals surface area contributed by atoms with Gasteiger partial charge in [0.05, 0.1) is 46.6 Å². The number of benzene rings is 4. The smallest absolute Gasteiger partial charge is 0.337 e. The maximum absolute atomic E-state index is 13.2. The Morgan fingerprint density at radius 2 is 1.58 bits per heavy atom. The molecule has 2 N–H and O–H groups in total. The molecule has 38 heavy (non-hydrogen) atoms. The second-order valence-electron chi connectivity index (χ2n) is 7.98. The molecule has 0 aliphatic rings. The van der Waals surface area contributed by atoms with Crippen molar-refractivity contribution in [2.75, 3.05) is 18.9 Å². The van der Waals surface area contributed by atoms with Gasteiger partial charge in [0.2, 0.25) is 0 Å². The number of phenolic OH excluding ortho intramolecular Hbond substituents is 1. The molecule has 0 unspecified atom stereocenters. The first-order valence-corrected chi connectivity index (χ1v) is 12.9. The number of hydrogen-bond acceptors (Lipinski definition) is 8. The number of aromatic hydroxyl groups is 1. The van der Waals surface area contributed by atoms with E-state index in [9.17, 15) is 23.1 Å². The number of sulfonamides is 1. The molecule has 0 bridgehead atoms. The predicted octanol–water partition coefficient (Wildman–Crippen LogP) is 5.32. The molecule has 11 heteroatoms. The third-order valence-electron chi connectivity index (χ3n) is 5.54. The summed E-state index contributed by atoms with van der Waals surface area (Å²) in [5.41, 5.74) is 0.420. The minimum absolute atomic E-state index is 0.000846. The third kappa shape index (κ3) is 5.61. The van der Waals surface area contributed by atoms with Crippen LogP contribution < -0.4 is 4.72 Å². The van der Waals surface area contributed by atoms with Gasteiger partial charge < -0.3 is 14.6 Å². The SMILES string of the molecule is COC(=O)c1cc(NS(=O)(=O)c2ccc(Cl)c(N=Cc3c(O)ccc4ccccc34)c2)cc(C(=O)OC)c1. The van der Waals surface area contributed by atoms with E-state index in [2.05, 4.69) is 19.2 Å². The van der Waals surface area contributed by atoms with Gasteiger partial charge in [-0.15, -0.1) is 0 Å². The molecular weight excluding hydrogens is 532 g/mol. The number of carbonyl (C=O) groups is 2. The Kier molecular flexibility index (Phi) is 7.65. The number of ether oxygens (including phenoxy) is 2. The second-order valence-corrected chi connectivity index (χ2v) is 10.1. The molecular formula is C27H21ClN2O7S. The summed E-state index contributed by atoms with van der Waals surface area (Å²) in [6.07, 6.45) is 1.41. The second kappa shape index (κ2) is 10.9. The lowest BCUT2D eigenvalue weighted by molar-refractivity contribution is 0.0599. The third-order valence-corrected chi connectivity index (χ3v) is 7.23. The van der Waals surface area contributed by atoms with Gasteiger partial charge in [-0.1, -0.05) is 41.9 Å². The number of anilines is 1. The van der Waals surface area contributed by atoms with E-state index in [1.807, 2.05) is 24.3 Å². The zero-order chi connectivity index (χ0) is 27.4. The van der Waals surface area contributed by atoms with Gasteiger partial charge >= 0.3 is 11.9 Å². The first kappa shape index (κ1) is 26.6. The van der Waals surface area contributed by atoms with Crippen LogP contribution >= 0.6 is 11.6 Å². The van der Waals surface area contributed by atoms with Crippen LogP contribution in [0.1, 0.15) is 26.3 Å². The topological polar surface area (TPSA) is 131 Å². The summed E-state index contributed by atoms with van der Waals surface area (Å²) in [5, 5.41) is 12.2. The van der Waals surface area contributed by atoms with Crippen LogP contribution in [0.3, 0.4) is 0 Å². The number of phenols is 1. The highest BCUT2D eigenvalue weighted by Gasteiger charge is 2.20. The summed E-state index contributed by atoms with van der Waals surface area (Å²) in [5.74, 6) is -1.53. The number of rotatable bonds is 7. The fraction of sp³-hybridized carbons (Fsp3) is 0.0741. The lowest BCUT2D eigenvalue weighted by Crippen LogP contribution is -2.15. The Balaban J connectivity index is 1.70. The summed E-state index contributed by atoms with van der Waals surface area (Å²) < 4.78 is 38.1. The fourth-order valence-electron chi connectivity index (χ4n) is 3.68. The lowest BCUT2D eigenvalue weighted by Gasteiger charge is -2.12. The van der Waals surface area contributed by atoms with Gasteiger partial charge in [-0.25, -0.2) is 18.0 Å². The number of hydrogen-bond donors (Lipinski definition) is 2. The largest absolute Gasteiger partial charge is 0.507 e. The number of fused-ring (bicyclic) bond motifs is 1. The highest BCUT2D eigenvalue weighted by Crippen LogP contribution is 2.31. The first-order valence-electron chi connectivity index (χ1n) is 11.0. The van der Waals surface area contributed by atoms with Crippen molar-refractivity contribution < 1.29 is 32.6 Å². The first-order chi connectivity index (χ1) is 18.1. The molecule has 0 fully saturated rings. The van der Waals surface area contributed by atoms with E-state index in [4.69, 9.17) is 11.6 Å². The Morgan fingerprint density at radius 3 is 2.24 bits per heavy atom. The van der Waals surface area contributed by atoms with Crippen molar-refractivity contribution in [1.82, 2.24) is 0 Å². The van der Waals surface area contributed by atoms with E-state index in [1.165, 1.54) is 42.6 Å². The molecule has 194 valence electrons. The molecule has 4 aromatic rings. The van der Waals surface area contributed by atoms with Gasteiger partial charge in [-0.2, -0.15) is 0 Å². The zero-order valence-corrected chi connectivity index (χ0v) is 21.7. The highest BCUT2D eigenvalue weighted by atomic mass is 35.5. The van der Waals surface area contributed by atoms with Gasteiger partial charge in [0, 0.05) is 11.8 Å². The molecule has 0 aromatic heterocycles. The average Bonchev–Trinajstić information content (AvgIpc) is 2.91. The molecule has 0 saturated heterocycles. The summed E-state index contributed by atoms with van der Waals surface area (Å²) in [6.45, 7) is 0. The van der Waals surface area contributed by atoms with Crippen molar-refractivity contribution in [3.63, 3.8) is 0 Å². The lowest BCUT2D eigenvalue weighted by atomic mass is 10.0. The Bertz CT molecular complexity index is 1670. The molecule has 0 atom stereocenters. The van der Waals surface area contributed by atoms with Crippen LogP contribution in [-0.4, -0.2) is 45.9 Å². The molecule has 0 spiro atoms. The monoisotopic (exact) mass is 552 g/mol. The Hall–Kier alpha value is -4.41. The zero-order valence-electron chi connectivity index (χ0n) is 20.1. The van der Waals surface area contributed by atoms with Crippen molar-refractivity contribution in [1.29, 1.82) is 0 Å². The number of halogens is 1. The summed E-state index contributed by atoms with van der Waals surface area (Å²) in [6, 6.07) is 18.3. The van der Waals surface area contributed by atoms with Crippen molar-refractivity contribution in [2.24, 2.45) is 4.99 Å². The summed E-state index contributed by atoms with van der Waals surface area (Å²) in [7, 11) is -1.90. The molecule has 0 amide bonds. The van der Waals surface area contributed by atoms with E-state index in [1.54, 1.807) is 12.1 Å². The van der Waals surface area contributed by atoms with Gasteiger partial charge in [-0.3, -0.25) is 9.71 Å². The quantitative estimate of drug-likeness (QED) is 0.234. The predicted molar refractivity (Wildman–Crippen MR) is 144 cm³/mol. The molecule has 0 aliphatic carbocycles. The van der Waals surface area contributed by atoms with Crippen LogP contribution in [0.25, 0.3) is 10.8 Å². The van der Waals surface area contributed by atoms with Crippen LogP contribution in [0.2, 0.25) is 5.02 Å². The Morgan fingerprint density at radius 1 is 0.921 bits per heavy atom. The van der Waals surface area contributed by atoms with E-state index in [0.29, 0.717) is 5.56 Å². The minimum Gasteiger partial charge on any atom is -0.507 e. The van der Waals surface area contributed by atoms with E-state index >= 15 is 0 Å². The number of esters is 2. The molecule has 9 nitrogen and oxygen atoms in total. The number of aliphatic imine (C=N–C) groups is 1. The molecule has 4 aromatic carbocycles. The molecule has 0 heterocycles. The van der Waals surface area contributed by atoms with Crippen LogP contribution in [-0.2, 0) is 19.5 Å². The average molecular weight is 553 g/mol. The van der Waals surface area contributed by atoms with E-state index in [-0.39, 0.29) is 38.2 Å². The maximum atomic E-state index is 13.2. The highest BCUT2D eigenvalue weighted by molar-refractivity contribution is 7.92. The summed E-state index contributed by atoms with van der Waals surface area (Å²) >= 11 is 6.28. The molecule has 4 rings (SSSR count). The van der Waals surface area contributed by atoms with Crippen molar-refractivity contribution in [3.05, 3.63) is 94.5 Å². The molecule has 0 radical (unpaired) electrons. The summed E-state index contributed by atoms with van der Waals surface area (Å²) in [4.78, 5) is 28.2. The normalized spacial score (nSPS) is 11.4. The van der Waals surface area contributed by atoms with Crippen LogP contribution in [0.5, 0.6) is 5.75 Å².